The van der Waals surface area contributed by atoms with Crippen LogP contribution < -0.4 is 0 Å². The minimum absolute atomic E-state index is 0.0422. The van der Waals surface area contributed by atoms with Gasteiger partial charge < -0.3 is 0 Å². The monoisotopic (exact) mass is 312 g/mol. The largest absolute Gasteiger partial charge is 0.418 e. The molecule has 1 aromatic rings. The molecule has 0 radical (unpaired) electrons. The second-order valence-electron chi connectivity index (χ2n) is 2.79. The van der Waals surface area contributed by atoms with E-state index in [1.54, 1.807) is 6.07 Å². The number of hydrogen-bond acceptors (Lipinski definition) is 2. The molecule has 1 atom stereocenters. The molecule has 74 valence electrons. The summed E-state index contributed by atoms with van der Waals surface area (Å²) in [4.78, 5) is 0. The predicted molar refractivity (Wildman–Crippen MR) is 52.7 cm³/mol. The summed E-state index contributed by atoms with van der Waals surface area (Å²) in [6.07, 6.45) is -4.36. The van der Waals surface area contributed by atoms with Gasteiger partial charge in [-0.25, -0.2) is 0 Å². The lowest BCUT2D eigenvalue weighted by Gasteiger charge is -2.09. The van der Waals surface area contributed by atoms with Crippen molar-refractivity contribution in [2.45, 2.75) is 10.2 Å². The van der Waals surface area contributed by atoms with Crippen LogP contribution in [0.5, 0.6) is 0 Å². The molecule has 1 heterocycles. The summed E-state index contributed by atoms with van der Waals surface area (Å²) in [5.74, 6) is 0. The summed E-state index contributed by atoms with van der Waals surface area (Å²) < 4.78 is 37.1. The quantitative estimate of drug-likeness (QED) is 0.389. The van der Waals surface area contributed by atoms with E-state index in [9.17, 15) is 13.2 Å². The van der Waals surface area contributed by atoms with Crippen molar-refractivity contribution in [1.82, 2.24) is 0 Å². The van der Waals surface area contributed by atoms with E-state index in [-0.39, 0.29) is 9.74 Å². The Labute approximate surface area is 91.4 Å². The Morgan fingerprint density at radius 3 is 2.64 bits per heavy atom. The molecule has 0 unspecified atom stereocenters. The molecule has 2 nitrogen and oxygen atoms in total. The molecule has 0 N–H and O–H groups in total. The van der Waals surface area contributed by atoms with Gasteiger partial charge in [0.05, 0.1) is 5.56 Å². The Morgan fingerprint density at radius 2 is 2.00 bits per heavy atom. The fraction of sp³-hybridized carbons (Fsp3) is 0.250. The summed E-state index contributed by atoms with van der Waals surface area (Å²) >= 11 is 1.94. The molecule has 0 bridgehead atoms. The smallest absolute Gasteiger partial charge is 0.170 e. The minimum Gasteiger partial charge on any atom is -0.170 e. The highest BCUT2D eigenvalue weighted by Crippen LogP contribution is 2.46. The SMILES string of the molecule is FC(F)(F)c1cccc2c1N=N[C@@H]2I. The van der Waals surface area contributed by atoms with Gasteiger partial charge in [-0.3, -0.25) is 0 Å². The number of alkyl halides is 4. The van der Waals surface area contributed by atoms with Gasteiger partial charge in [-0.05, 0) is 28.7 Å². The van der Waals surface area contributed by atoms with Crippen LogP contribution in [-0.2, 0) is 6.18 Å². The highest BCUT2D eigenvalue weighted by molar-refractivity contribution is 14.1. The van der Waals surface area contributed by atoms with Crippen molar-refractivity contribution in [2.75, 3.05) is 0 Å². The Morgan fingerprint density at radius 1 is 1.29 bits per heavy atom. The normalized spacial score (nSPS) is 19.9. The van der Waals surface area contributed by atoms with Crippen LogP contribution in [0.2, 0.25) is 0 Å². The van der Waals surface area contributed by atoms with E-state index >= 15 is 0 Å². The molecule has 0 amide bonds. The topological polar surface area (TPSA) is 24.7 Å². The molecule has 14 heavy (non-hydrogen) atoms. The van der Waals surface area contributed by atoms with Crippen LogP contribution >= 0.6 is 22.6 Å². The van der Waals surface area contributed by atoms with Crippen LogP contribution in [0.15, 0.2) is 28.4 Å². The highest BCUT2D eigenvalue weighted by Gasteiger charge is 2.36. The maximum absolute atomic E-state index is 12.5. The number of halogens is 4. The van der Waals surface area contributed by atoms with E-state index in [4.69, 9.17) is 0 Å². The third-order valence-corrected chi connectivity index (χ3v) is 2.81. The van der Waals surface area contributed by atoms with Crippen LogP contribution in [0.25, 0.3) is 0 Å². The van der Waals surface area contributed by atoms with E-state index in [2.05, 4.69) is 10.2 Å². The molecule has 1 aliphatic rings. The number of nitrogens with zero attached hydrogens (tertiary/aromatic N) is 2. The van der Waals surface area contributed by atoms with Crippen molar-refractivity contribution in [2.24, 2.45) is 10.2 Å². The Kier molecular flexibility index (Phi) is 2.24. The van der Waals surface area contributed by atoms with E-state index in [0.717, 1.165) is 6.07 Å². The average molecular weight is 312 g/mol. The third kappa shape index (κ3) is 1.51. The first kappa shape index (κ1) is 9.88. The number of rotatable bonds is 0. The Hall–Kier alpha value is -0.660. The van der Waals surface area contributed by atoms with Crippen molar-refractivity contribution >= 4 is 28.3 Å². The fourth-order valence-electron chi connectivity index (χ4n) is 1.26. The maximum atomic E-state index is 12.5. The van der Waals surface area contributed by atoms with E-state index in [1.807, 2.05) is 22.6 Å². The number of fused-ring (bicyclic) bond motifs is 1. The molecule has 1 aliphatic heterocycles. The number of azo groups is 1. The Balaban J connectivity index is 2.60. The summed E-state index contributed by atoms with van der Waals surface area (Å²) in [6, 6.07) is 4.01. The van der Waals surface area contributed by atoms with Gasteiger partial charge in [-0.2, -0.15) is 23.4 Å². The second kappa shape index (κ2) is 3.18. The number of hydrogen-bond donors (Lipinski definition) is 0. The summed E-state index contributed by atoms with van der Waals surface area (Å²) in [5.41, 5.74) is -0.224. The standard InChI is InChI=1S/C8H4F3IN2/c9-8(10,11)5-3-1-2-4-6(5)13-14-7(4)12/h1-3,7H/t7-/m0/s1. The highest BCUT2D eigenvalue weighted by atomic mass is 127. The van der Waals surface area contributed by atoms with Crippen LogP contribution in [0.1, 0.15) is 15.2 Å². The average Bonchev–Trinajstić information content (AvgIpc) is 2.46. The van der Waals surface area contributed by atoms with E-state index in [0.29, 0.717) is 5.56 Å². The van der Waals surface area contributed by atoms with Crippen molar-refractivity contribution in [3.8, 4) is 0 Å². The molecule has 6 heteroatoms. The maximum Gasteiger partial charge on any atom is 0.418 e. The molecule has 0 aliphatic carbocycles. The van der Waals surface area contributed by atoms with E-state index in [1.165, 1.54) is 6.07 Å². The zero-order chi connectivity index (χ0) is 10.3. The first-order chi connectivity index (χ1) is 6.50. The molecule has 0 fully saturated rings. The Bertz CT molecular complexity index is 400. The molecule has 2 rings (SSSR count). The molecular formula is C8H4F3IN2. The van der Waals surface area contributed by atoms with Crippen molar-refractivity contribution in [1.29, 1.82) is 0 Å². The second-order valence-corrected chi connectivity index (χ2v) is 3.97. The fourth-order valence-corrected chi connectivity index (χ4v) is 1.89. The van der Waals surface area contributed by atoms with Gasteiger partial charge in [0.25, 0.3) is 0 Å². The number of benzene rings is 1. The lowest BCUT2D eigenvalue weighted by Crippen LogP contribution is -2.05. The summed E-state index contributed by atoms with van der Waals surface area (Å²) in [6.45, 7) is 0. The molecular weight excluding hydrogens is 308 g/mol. The lowest BCUT2D eigenvalue weighted by atomic mass is 10.1. The van der Waals surface area contributed by atoms with Gasteiger partial charge in [0.2, 0.25) is 0 Å². The van der Waals surface area contributed by atoms with Gasteiger partial charge >= 0.3 is 6.18 Å². The summed E-state index contributed by atoms with van der Waals surface area (Å²) in [5, 5.41) is 7.23. The van der Waals surface area contributed by atoms with Gasteiger partial charge in [0.15, 0.2) is 0 Å². The van der Waals surface area contributed by atoms with Crippen molar-refractivity contribution in [3.63, 3.8) is 0 Å². The predicted octanol–water partition coefficient (Wildman–Crippen LogP) is 4.24. The molecule has 1 aromatic carbocycles. The zero-order valence-corrected chi connectivity index (χ0v) is 8.87. The van der Waals surface area contributed by atoms with Gasteiger partial charge in [-0.15, -0.1) is 0 Å². The third-order valence-electron chi connectivity index (χ3n) is 1.89. The van der Waals surface area contributed by atoms with Crippen molar-refractivity contribution < 1.29 is 13.2 Å². The van der Waals surface area contributed by atoms with E-state index < -0.39 is 11.7 Å². The van der Waals surface area contributed by atoms with Gasteiger partial charge in [-0.1, -0.05) is 12.1 Å². The van der Waals surface area contributed by atoms with Gasteiger partial charge in [0, 0.05) is 5.56 Å². The van der Waals surface area contributed by atoms with Crippen LogP contribution in [0, 0.1) is 0 Å². The van der Waals surface area contributed by atoms with Crippen molar-refractivity contribution in [3.05, 3.63) is 29.3 Å². The zero-order valence-electron chi connectivity index (χ0n) is 6.72. The van der Waals surface area contributed by atoms with Crippen LogP contribution in [0.3, 0.4) is 0 Å². The molecule has 0 spiro atoms. The van der Waals surface area contributed by atoms with Crippen LogP contribution in [-0.4, -0.2) is 0 Å². The first-order valence-electron chi connectivity index (χ1n) is 3.75. The molecule has 0 saturated heterocycles. The minimum atomic E-state index is -4.36. The summed E-state index contributed by atoms with van der Waals surface area (Å²) in [7, 11) is 0. The van der Waals surface area contributed by atoms with Crippen LogP contribution in [0.4, 0.5) is 18.9 Å². The lowest BCUT2D eigenvalue weighted by molar-refractivity contribution is -0.137. The first-order valence-corrected chi connectivity index (χ1v) is 5.00. The molecule has 0 aromatic heterocycles. The van der Waals surface area contributed by atoms with Gasteiger partial charge in [0.1, 0.15) is 9.74 Å². The molecule has 0 saturated carbocycles.